The number of carbonyl (C=O) groups excluding carboxylic acids is 1. The molecule has 1 fully saturated rings. The van der Waals surface area contributed by atoms with Gasteiger partial charge in [0.2, 0.25) is 15.9 Å². The van der Waals surface area contributed by atoms with E-state index in [-0.39, 0.29) is 52.7 Å². The molecule has 0 aliphatic heterocycles. The van der Waals surface area contributed by atoms with Crippen LogP contribution in [0.3, 0.4) is 0 Å². The van der Waals surface area contributed by atoms with Gasteiger partial charge in [-0.3, -0.25) is 18.9 Å². The third-order valence-corrected chi connectivity index (χ3v) is 11.2. The minimum absolute atomic E-state index is 0.0168. The Kier molecular flexibility index (Phi) is 8.40. The molecule has 0 unspecified atom stereocenters. The third-order valence-electron chi connectivity index (χ3n) is 9.81. The Balaban J connectivity index is 1.27. The number of hydrogen-bond donors (Lipinski definition) is 3. The lowest BCUT2D eigenvalue weighted by molar-refractivity contribution is -0.123. The number of fused-ring (bicyclic) bond motifs is 5. The Morgan fingerprint density at radius 1 is 1.06 bits per heavy atom. The summed E-state index contributed by atoms with van der Waals surface area (Å²) in [6, 6.07) is 7.95. The summed E-state index contributed by atoms with van der Waals surface area (Å²) in [6.07, 6.45) is -2.10. The van der Waals surface area contributed by atoms with E-state index in [0.29, 0.717) is 37.5 Å². The molecule has 3 N–H and O–H groups in total. The van der Waals surface area contributed by atoms with Crippen molar-refractivity contribution in [2.75, 3.05) is 11.0 Å². The average molecular weight is 791 g/mol. The molecular weight excluding hydrogens is 763 g/mol. The molecule has 0 radical (unpaired) electrons. The number of hydrogen-bond acceptors (Lipinski definition) is 9. The van der Waals surface area contributed by atoms with Gasteiger partial charge in [-0.1, -0.05) is 23.5 Å². The second-order valence-corrected chi connectivity index (χ2v) is 16.2. The zero-order chi connectivity index (χ0) is 38.4. The number of amides is 1. The fourth-order valence-corrected chi connectivity index (χ4v) is 8.84. The quantitative estimate of drug-likeness (QED) is 0.134. The molecule has 12 nitrogen and oxygen atoms in total. The van der Waals surface area contributed by atoms with E-state index in [1.165, 1.54) is 4.68 Å². The molecule has 1 amide bonds. The minimum Gasteiger partial charge on any atom is -0.486 e. The van der Waals surface area contributed by atoms with E-state index in [4.69, 9.17) is 0 Å². The number of alkyl halides is 4. The number of aromatic hydroxyl groups is 1. The number of aromatic nitrogens is 6. The van der Waals surface area contributed by atoms with Crippen molar-refractivity contribution < 1.29 is 44.7 Å². The van der Waals surface area contributed by atoms with Gasteiger partial charge in [0.1, 0.15) is 29.6 Å². The molecular formula is C34H28F6N8O4S2. The highest BCUT2D eigenvalue weighted by Crippen LogP contribution is 2.63. The van der Waals surface area contributed by atoms with Crippen LogP contribution in [0, 0.1) is 17.6 Å². The van der Waals surface area contributed by atoms with Gasteiger partial charge in [-0.15, -0.1) is 0 Å². The van der Waals surface area contributed by atoms with Crippen LogP contribution in [0.5, 0.6) is 5.19 Å². The summed E-state index contributed by atoms with van der Waals surface area (Å²) in [6.45, 7) is -0.898. The van der Waals surface area contributed by atoms with Crippen LogP contribution >= 0.6 is 11.3 Å². The molecule has 20 heteroatoms. The summed E-state index contributed by atoms with van der Waals surface area (Å²) < 4.78 is 117. The second-order valence-electron chi connectivity index (χ2n) is 13.4. The van der Waals surface area contributed by atoms with E-state index in [9.17, 15) is 35.9 Å². The van der Waals surface area contributed by atoms with Crippen LogP contribution in [0.25, 0.3) is 32.4 Å². The van der Waals surface area contributed by atoms with Crippen LogP contribution in [-0.4, -0.2) is 55.2 Å². The smallest absolute Gasteiger partial charge is 0.293 e. The lowest BCUT2D eigenvalue weighted by Crippen LogP contribution is -2.36. The fourth-order valence-electron chi connectivity index (χ4n) is 7.65. The first-order valence-electron chi connectivity index (χ1n) is 16.4. The SMILES string of the molecule is Cn1nc(NS(C)(=O)=O)c2cccc(-c3cc4sc(O)nc4nc3[C@H](Cc3cc(F)cc(F)c3)NC(=O)Cn3nc(C(F)F)c4c3C(F)(F)[C@@H]3CC[C@H]43)c21. The molecule has 54 heavy (non-hydrogen) atoms. The van der Waals surface area contributed by atoms with Crippen molar-refractivity contribution in [1.82, 2.24) is 34.8 Å². The summed E-state index contributed by atoms with van der Waals surface area (Å²) in [5.74, 6) is -8.26. The third kappa shape index (κ3) is 6.09. The summed E-state index contributed by atoms with van der Waals surface area (Å²) >= 11 is 0.886. The van der Waals surface area contributed by atoms with Crippen molar-refractivity contribution in [3.8, 4) is 16.3 Å². The van der Waals surface area contributed by atoms with E-state index in [2.05, 4.69) is 30.2 Å². The zero-order valence-electron chi connectivity index (χ0n) is 28.1. The van der Waals surface area contributed by atoms with Crippen molar-refractivity contribution in [3.63, 3.8) is 0 Å². The predicted octanol–water partition coefficient (Wildman–Crippen LogP) is 6.43. The lowest BCUT2D eigenvalue weighted by atomic mass is 9.73. The van der Waals surface area contributed by atoms with Crippen LogP contribution < -0.4 is 10.0 Å². The van der Waals surface area contributed by atoms with Gasteiger partial charge in [0.25, 0.3) is 17.5 Å². The number of para-hydroxylation sites is 1. The largest absolute Gasteiger partial charge is 0.486 e. The molecule has 0 bridgehead atoms. The van der Waals surface area contributed by atoms with E-state index in [1.807, 2.05) is 0 Å². The number of nitrogens with one attached hydrogen (secondary N) is 2. The molecule has 6 aromatic rings. The van der Waals surface area contributed by atoms with Crippen molar-refractivity contribution in [1.29, 1.82) is 0 Å². The molecule has 0 saturated heterocycles. The normalized spacial score (nSPS) is 18.2. The number of anilines is 1. The van der Waals surface area contributed by atoms with Crippen molar-refractivity contribution >= 4 is 54.3 Å². The molecule has 2 aromatic carbocycles. The molecule has 0 spiro atoms. The van der Waals surface area contributed by atoms with Gasteiger partial charge in [0, 0.05) is 41.1 Å². The number of thiazole rings is 1. The number of halogens is 6. The number of carbonyl (C=O) groups is 1. The minimum atomic E-state index is -3.76. The first-order valence-corrected chi connectivity index (χ1v) is 19.1. The van der Waals surface area contributed by atoms with Gasteiger partial charge < -0.3 is 10.4 Å². The van der Waals surface area contributed by atoms with Crippen LogP contribution in [0.4, 0.5) is 32.2 Å². The first kappa shape index (κ1) is 35.8. The second kappa shape index (κ2) is 12.7. The van der Waals surface area contributed by atoms with Gasteiger partial charge in [-0.2, -0.15) is 24.0 Å². The molecule has 282 valence electrons. The highest BCUT2D eigenvalue weighted by atomic mass is 32.2. The van der Waals surface area contributed by atoms with E-state index < -0.39 is 75.7 Å². The summed E-state index contributed by atoms with van der Waals surface area (Å²) in [5.41, 5.74) is -0.495. The van der Waals surface area contributed by atoms with Crippen molar-refractivity contribution in [2.45, 2.75) is 50.1 Å². The first-order chi connectivity index (χ1) is 25.5. The molecule has 8 rings (SSSR count). The molecule has 1 saturated carbocycles. The standard InChI is InChI=1S/C34H28F6N8O4S2/c1-47-28-17(4-3-5-19(28)31(45-47)46-54(2,51)52)20-12-23-32(43-33(50)53-23)42-26(20)22(10-14-8-15(35)11-16(36)9-14)41-24(49)13-48-29-25(27(44-48)30(37)38)18-6-7-21(18)34(29,39)40/h3-5,8-9,11-12,18,21-22,30H,6-7,10,13H2,1-2H3,(H,41,49)(H,45,46)(H,42,43,50)/t18-,21+,22-/m0/s1. The highest BCUT2D eigenvalue weighted by molar-refractivity contribution is 7.92. The molecule has 4 heterocycles. The van der Waals surface area contributed by atoms with Crippen LogP contribution in [0.2, 0.25) is 0 Å². The van der Waals surface area contributed by atoms with E-state index in [1.54, 1.807) is 31.3 Å². The Bertz CT molecular complexity index is 2610. The number of aryl methyl sites for hydroxylation is 1. The van der Waals surface area contributed by atoms with E-state index >= 15 is 8.78 Å². The van der Waals surface area contributed by atoms with Gasteiger partial charge in [0.05, 0.1) is 28.2 Å². The maximum atomic E-state index is 15.6. The number of sulfonamides is 1. The van der Waals surface area contributed by atoms with E-state index in [0.717, 1.165) is 29.7 Å². The number of pyridine rings is 1. The lowest BCUT2D eigenvalue weighted by Gasteiger charge is -2.34. The van der Waals surface area contributed by atoms with Crippen LogP contribution in [-0.2, 0) is 40.8 Å². The molecule has 2 aliphatic carbocycles. The summed E-state index contributed by atoms with van der Waals surface area (Å²) in [7, 11) is -2.19. The topological polar surface area (TPSA) is 157 Å². The Morgan fingerprint density at radius 2 is 1.80 bits per heavy atom. The predicted molar refractivity (Wildman–Crippen MR) is 185 cm³/mol. The average Bonchev–Trinajstić information content (AvgIpc) is 3.73. The number of rotatable bonds is 10. The number of benzene rings is 2. The van der Waals surface area contributed by atoms with Gasteiger partial charge >= 0.3 is 0 Å². The van der Waals surface area contributed by atoms with Crippen LogP contribution in [0.1, 0.15) is 59.4 Å². The summed E-state index contributed by atoms with van der Waals surface area (Å²) in [4.78, 5) is 22.6. The molecule has 4 aromatic heterocycles. The zero-order valence-corrected chi connectivity index (χ0v) is 29.8. The maximum Gasteiger partial charge on any atom is 0.293 e. The van der Waals surface area contributed by atoms with Gasteiger partial charge in [0.15, 0.2) is 11.5 Å². The van der Waals surface area contributed by atoms with Crippen molar-refractivity contribution in [3.05, 3.63) is 82.3 Å². The van der Waals surface area contributed by atoms with Crippen molar-refractivity contribution in [2.24, 2.45) is 13.0 Å². The fraction of sp³-hybridized carbons (Fsp3) is 0.324. The Hall–Kier alpha value is -5.24. The van der Waals surface area contributed by atoms with Gasteiger partial charge in [-0.25, -0.2) is 31.0 Å². The Morgan fingerprint density at radius 3 is 2.46 bits per heavy atom. The van der Waals surface area contributed by atoms with Crippen LogP contribution in [0.15, 0.2) is 42.5 Å². The monoisotopic (exact) mass is 790 g/mol. The maximum absolute atomic E-state index is 15.6. The van der Waals surface area contributed by atoms with Gasteiger partial charge in [-0.05, 0) is 55.0 Å². The summed E-state index contributed by atoms with van der Waals surface area (Å²) in [5, 5.41) is 21.1. The highest BCUT2D eigenvalue weighted by Gasteiger charge is 2.62. The number of nitrogens with zero attached hydrogens (tertiary/aromatic N) is 6. The molecule has 3 atom stereocenters. The molecule has 2 aliphatic rings. The Labute approximate surface area is 305 Å².